The Kier molecular flexibility index (Phi) is 5.06. The molecular formula is C16H21BO4. The van der Waals surface area contributed by atoms with E-state index in [1.54, 1.807) is 0 Å². The van der Waals surface area contributed by atoms with E-state index in [-0.39, 0.29) is 12.1 Å². The van der Waals surface area contributed by atoms with Gasteiger partial charge in [0.25, 0.3) is 0 Å². The van der Waals surface area contributed by atoms with Crippen molar-refractivity contribution in [1.29, 1.82) is 0 Å². The summed E-state index contributed by atoms with van der Waals surface area (Å²) in [6, 6.07) is 9.17. The fraction of sp³-hybridized carbons (Fsp3) is 0.562. The summed E-state index contributed by atoms with van der Waals surface area (Å²) in [5.41, 5.74) is 0.493. The van der Waals surface area contributed by atoms with Gasteiger partial charge in [0, 0.05) is 6.92 Å². The van der Waals surface area contributed by atoms with E-state index in [0.29, 0.717) is 6.61 Å². The fourth-order valence-corrected chi connectivity index (χ4v) is 2.60. The van der Waals surface area contributed by atoms with E-state index in [1.165, 1.54) is 6.92 Å². The van der Waals surface area contributed by atoms with E-state index < -0.39 is 17.7 Å². The van der Waals surface area contributed by atoms with Crippen LogP contribution in [0, 0.1) is 0 Å². The maximum absolute atomic E-state index is 11.3. The zero-order valence-electron chi connectivity index (χ0n) is 12.7. The topological polar surface area (TPSA) is 44.8 Å². The van der Waals surface area contributed by atoms with Crippen LogP contribution in [0.3, 0.4) is 0 Å². The second-order valence-electron chi connectivity index (χ2n) is 5.54. The quantitative estimate of drug-likeness (QED) is 0.615. The maximum Gasteiger partial charge on any atom is 0.303 e. The largest absolute Gasteiger partial charge is 0.458 e. The summed E-state index contributed by atoms with van der Waals surface area (Å²) in [5.74, 6) is -0.382. The Morgan fingerprint density at radius 2 is 2.05 bits per heavy atom. The molecule has 112 valence electrons. The highest BCUT2D eigenvalue weighted by Crippen LogP contribution is 2.36. The van der Waals surface area contributed by atoms with Crippen molar-refractivity contribution in [1.82, 2.24) is 0 Å². The van der Waals surface area contributed by atoms with Crippen molar-refractivity contribution in [3.05, 3.63) is 35.9 Å². The van der Waals surface area contributed by atoms with Crippen LogP contribution in [0.4, 0.5) is 0 Å². The Hall–Kier alpha value is -1.33. The Morgan fingerprint density at radius 1 is 1.38 bits per heavy atom. The molecule has 1 aliphatic rings. The molecule has 0 saturated carbocycles. The summed E-state index contributed by atoms with van der Waals surface area (Å²) in [6.07, 6.45) is -0.254. The molecule has 5 heteroatoms. The number of rotatable bonds is 5. The van der Waals surface area contributed by atoms with Gasteiger partial charge < -0.3 is 14.2 Å². The molecule has 1 aliphatic heterocycles. The summed E-state index contributed by atoms with van der Waals surface area (Å²) < 4.78 is 17.1. The summed E-state index contributed by atoms with van der Waals surface area (Å²) >= 11 is 0. The van der Waals surface area contributed by atoms with Crippen LogP contribution < -0.4 is 0 Å². The molecule has 0 N–H and O–H groups in total. The van der Waals surface area contributed by atoms with E-state index >= 15 is 0 Å². The normalized spacial score (nSPS) is 32.0. The third-order valence-corrected chi connectivity index (χ3v) is 3.91. The highest BCUT2D eigenvalue weighted by molar-refractivity contribution is 6.11. The van der Waals surface area contributed by atoms with Crippen LogP contribution in [-0.4, -0.2) is 37.6 Å². The molecule has 4 nitrogen and oxygen atoms in total. The third-order valence-electron chi connectivity index (χ3n) is 3.91. The first-order valence-electron chi connectivity index (χ1n) is 7.22. The lowest BCUT2D eigenvalue weighted by Gasteiger charge is -2.31. The second kappa shape index (κ2) is 6.63. The van der Waals surface area contributed by atoms with Gasteiger partial charge in [-0.05, 0) is 18.9 Å². The number of carbonyl (C=O) groups excluding carboxylic acids is 1. The van der Waals surface area contributed by atoms with Gasteiger partial charge in [-0.1, -0.05) is 37.3 Å². The standard InChI is InChI=1S/C16H21BO4/c1-4-16(3)14(13(15(17)21-16)20-11(2)18)19-10-12-8-6-5-7-9-12/h5-9,13-15H,4,10H2,1-3H3/t13-,14?,15+,16+/m0/s1. The molecule has 1 aromatic carbocycles. The molecule has 1 heterocycles. The Labute approximate surface area is 127 Å². The summed E-state index contributed by atoms with van der Waals surface area (Å²) in [6.45, 7) is 5.73. The molecular weight excluding hydrogens is 267 g/mol. The van der Waals surface area contributed by atoms with Crippen LogP contribution >= 0.6 is 0 Å². The summed E-state index contributed by atoms with van der Waals surface area (Å²) in [5, 5.41) is 0. The molecule has 21 heavy (non-hydrogen) atoms. The van der Waals surface area contributed by atoms with Gasteiger partial charge in [0.2, 0.25) is 0 Å². The van der Waals surface area contributed by atoms with Gasteiger partial charge in [0.1, 0.15) is 20.1 Å². The van der Waals surface area contributed by atoms with Crippen molar-refractivity contribution in [2.75, 3.05) is 0 Å². The lowest BCUT2D eigenvalue weighted by Crippen LogP contribution is -2.44. The molecule has 1 unspecified atom stereocenters. The van der Waals surface area contributed by atoms with Gasteiger partial charge in [-0.25, -0.2) is 0 Å². The van der Waals surface area contributed by atoms with E-state index in [4.69, 9.17) is 22.1 Å². The predicted octanol–water partition coefficient (Wildman–Crippen LogP) is 2.20. The van der Waals surface area contributed by atoms with Crippen molar-refractivity contribution in [3.8, 4) is 0 Å². The Balaban J connectivity index is 2.11. The van der Waals surface area contributed by atoms with Crippen molar-refractivity contribution < 1.29 is 19.0 Å². The van der Waals surface area contributed by atoms with Crippen molar-refractivity contribution in [2.45, 2.75) is 57.6 Å². The lowest BCUT2D eigenvalue weighted by molar-refractivity contribution is -0.155. The smallest absolute Gasteiger partial charge is 0.303 e. The average molecular weight is 288 g/mol. The minimum Gasteiger partial charge on any atom is -0.458 e. The van der Waals surface area contributed by atoms with Crippen LogP contribution in [-0.2, 0) is 25.6 Å². The molecule has 1 aromatic rings. The SMILES string of the molecule is [B][C@@H]1O[C@](C)(CC)C(OCc2ccccc2)[C@@H]1OC(C)=O. The fourth-order valence-electron chi connectivity index (χ4n) is 2.60. The molecule has 0 amide bonds. The van der Waals surface area contributed by atoms with Gasteiger partial charge >= 0.3 is 5.97 Å². The average Bonchev–Trinajstić information content (AvgIpc) is 2.69. The minimum atomic E-state index is -0.667. The molecule has 0 aromatic heterocycles. The molecule has 2 radical (unpaired) electrons. The number of benzene rings is 1. The first-order valence-corrected chi connectivity index (χ1v) is 7.22. The number of carbonyl (C=O) groups is 1. The van der Waals surface area contributed by atoms with Crippen molar-refractivity contribution in [3.63, 3.8) is 0 Å². The zero-order valence-corrected chi connectivity index (χ0v) is 12.7. The van der Waals surface area contributed by atoms with E-state index in [0.717, 1.165) is 12.0 Å². The number of hydrogen-bond acceptors (Lipinski definition) is 4. The first-order chi connectivity index (χ1) is 9.96. The molecule has 0 aliphatic carbocycles. The lowest BCUT2D eigenvalue weighted by atomic mass is 9.88. The van der Waals surface area contributed by atoms with E-state index in [2.05, 4.69) is 0 Å². The zero-order chi connectivity index (χ0) is 15.5. The molecule has 1 fully saturated rings. The first kappa shape index (κ1) is 16.1. The third kappa shape index (κ3) is 3.66. The van der Waals surface area contributed by atoms with Crippen molar-refractivity contribution >= 4 is 13.8 Å². The molecule has 0 bridgehead atoms. The monoisotopic (exact) mass is 288 g/mol. The number of ether oxygens (including phenoxy) is 3. The highest BCUT2D eigenvalue weighted by Gasteiger charge is 2.51. The van der Waals surface area contributed by atoms with Gasteiger partial charge in [0.15, 0.2) is 0 Å². The van der Waals surface area contributed by atoms with Crippen LogP contribution in [0.25, 0.3) is 0 Å². The maximum atomic E-state index is 11.3. The molecule has 4 atom stereocenters. The van der Waals surface area contributed by atoms with Crippen LogP contribution in [0.1, 0.15) is 32.8 Å². The summed E-state index contributed by atoms with van der Waals surface area (Å²) in [7, 11) is 5.96. The van der Waals surface area contributed by atoms with Crippen molar-refractivity contribution in [2.24, 2.45) is 0 Å². The Morgan fingerprint density at radius 3 is 2.62 bits per heavy atom. The van der Waals surface area contributed by atoms with Crippen LogP contribution in [0.2, 0.25) is 0 Å². The van der Waals surface area contributed by atoms with Gasteiger partial charge in [-0.3, -0.25) is 4.79 Å². The van der Waals surface area contributed by atoms with E-state index in [1.807, 2.05) is 44.2 Å². The summed E-state index contributed by atoms with van der Waals surface area (Å²) in [4.78, 5) is 11.3. The van der Waals surface area contributed by atoms with Crippen LogP contribution in [0.15, 0.2) is 30.3 Å². The van der Waals surface area contributed by atoms with Gasteiger partial charge in [0.05, 0.1) is 18.2 Å². The van der Waals surface area contributed by atoms with Crippen LogP contribution in [0.5, 0.6) is 0 Å². The van der Waals surface area contributed by atoms with Gasteiger partial charge in [-0.15, -0.1) is 0 Å². The minimum absolute atomic E-state index is 0.382. The molecule has 2 rings (SSSR count). The highest BCUT2D eigenvalue weighted by atomic mass is 16.6. The predicted molar refractivity (Wildman–Crippen MR) is 79.9 cm³/mol. The number of esters is 1. The number of hydrogen-bond donors (Lipinski definition) is 0. The Bertz CT molecular complexity index is 478. The second-order valence-corrected chi connectivity index (χ2v) is 5.54. The molecule has 0 spiro atoms. The molecule has 1 saturated heterocycles. The van der Waals surface area contributed by atoms with Gasteiger partial charge in [-0.2, -0.15) is 0 Å². The van der Waals surface area contributed by atoms with E-state index in [9.17, 15) is 4.79 Å².